The number of nitrogens with zero attached hydrogens (tertiary/aromatic N) is 3. The number of anilines is 2. The fourth-order valence-corrected chi connectivity index (χ4v) is 5.59. The smallest absolute Gasteiger partial charge is 0.221 e. The number of hydrogen-bond donors (Lipinski definition) is 2. The van der Waals surface area contributed by atoms with Crippen LogP contribution in [0.3, 0.4) is 0 Å². The Kier molecular flexibility index (Phi) is 6.24. The van der Waals surface area contributed by atoms with Crippen molar-refractivity contribution in [3.63, 3.8) is 0 Å². The van der Waals surface area contributed by atoms with Gasteiger partial charge < -0.3 is 24.8 Å². The molecule has 34 heavy (non-hydrogen) atoms. The minimum atomic E-state index is -0.157. The van der Waals surface area contributed by atoms with Crippen LogP contribution >= 0.6 is 12.2 Å². The Labute approximate surface area is 205 Å². The van der Waals surface area contributed by atoms with E-state index in [1.807, 2.05) is 42.6 Å². The van der Waals surface area contributed by atoms with Crippen molar-refractivity contribution < 1.29 is 9.53 Å². The lowest BCUT2D eigenvalue weighted by molar-refractivity contribution is -0.114. The summed E-state index contributed by atoms with van der Waals surface area (Å²) in [6.45, 7) is 1.49. The zero-order valence-corrected chi connectivity index (χ0v) is 20.2. The van der Waals surface area contributed by atoms with Crippen LogP contribution in [0.4, 0.5) is 11.4 Å². The molecule has 1 aromatic carbocycles. The van der Waals surface area contributed by atoms with Crippen LogP contribution in [0.1, 0.15) is 62.1 Å². The molecule has 1 saturated carbocycles. The fourth-order valence-electron chi connectivity index (χ4n) is 5.24. The lowest BCUT2D eigenvalue weighted by atomic mass is 10.00. The van der Waals surface area contributed by atoms with Gasteiger partial charge in [0.25, 0.3) is 0 Å². The maximum atomic E-state index is 11.8. The zero-order chi connectivity index (χ0) is 23.7. The average Bonchev–Trinajstić information content (AvgIpc) is 3.58. The first kappa shape index (κ1) is 22.4. The van der Waals surface area contributed by atoms with E-state index >= 15 is 0 Å². The maximum Gasteiger partial charge on any atom is 0.221 e. The number of thiocarbonyl (C=S) groups is 1. The number of carbonyl (C=O) groups is 1. The summed E-state index contributed by atoms with van der Waals surface area (Å²) in [7, 11) is 1.59. The largest absolute Gasteiger partial charge is 0.495 e. The lowest BCUT2D eigenvalue weighted by Crippen LogP contribution is -2.30. The summed E-state index contributed by atoms with van der Waals surface area (Å²) in [5.74, 6) is 0.444. The molecule has 2 fully saturated rings. The molecule has 3 heterocycles. The maximum absolute atomic E-state index is 11.8. The molecule has 5 rings (SSSR count). The molecule has 1 amide bonds. The number of methoxy groups -OCH3 is 1. The number of nitrogens with one attached hydrogen (secondary N) is 2. The standard InChI is InChI=1S/C26H29N5O2S/c1-17(32)28-21-16-19(12-13-23(21)33-2)31-25(22-11-7-15-30(22)18-8-3-4-9-18)24(29-26(31)34)20-10-5-6-14-27-20/h5-7,10-16,18,24-25H,3-4,8-9H2,1-2H3,(H,28,32)(H,29,34)/t24-,25-/m1/s1. The molecule has 2 aromatic heterocycles. The number of ether oxygens (including phenoxy) is 1. The van der Waals surface area contributed by atoms with Gasteiger partial charge >= 0.3 is 0 Å². The summed E-state index contributed by atoms with van der Waals surface area (Å²) in [5.41, 5.74) is 3.63. The summed E-state index contributed by atoms with van der Waals surface area (Å²) in [5, 5.41) is 7.03. The van der Waals surface area contributed by atoms with Gasteiger partial charge in [-0.15, -0.1) is 0 Å². The molecule has 7 nitrogen and oxygen atoms in total. The highest BCUT2D eigenvalue weighted by molar-refractivity contribution is 7.80. The first-order chi connectivity index (χ1) is 16.6. The van der Waals surface area contributed by atoms with Crippen molar-refractivity contribution in [1.82, 2.24) is 14.9 Å². The SMILES string of the molecule is COc1ccc(N2C(=S)N[C@H](c3ccccn3)[C@H]2c2cccn2C2CCCC2)cc1NC(C)=O. The molecule has 0 bridgehead atoms. The molecular weight excluding hydrogens is 446 g/mol. The summed E-state index contributed by atoms with van der Waals surface area (Å²) in [4.78, 5) is 18.6. The Hall–Kier alpha value is -3.39. The number of aromatic nitrogens is 2. The van der Waals surface area contributed by atoms with E-state index in [-0.39, 0.29) is 18.0 Å². The molecule has 0 radical (unpaired) electrons. The van der Waals surface area contributed by atoms with Crippen LogP contribution < -0.4 is 20.3 Å². The van der Waals surface area contributed by atoms with Crippen molar-refractivity contribution in [3.05, 3.63) is 72.3 Å². The van der Waals surface area contributed by atoms with Gasteiger partial charge in [0.2, 0.25) is 5.91 Å². The van der Waals surface area contributed by atoms with Crippen molar-refractivity contribution in [3.8, 4) is 5.75 Å². The third kappa shape index (κ3) is 4.14. The predicted octanol–water partition coefficient (Wildman–Crippen LogP) is 5.14. The van der Waals surface area contributed by atoms with E-state index in [1.165, 1.54) is 38.3 Å². The molecule has 1 aliphatic carbocycles. The van der Waals surface area contributed by atoms with E-state index in [4.69, 9.17) is 17.0 Å². The highest BCUT2D eigenvalue weighted by Crippen LogP contribution is 2.45. The van der Waals surface area contributed by atoms with Crippen LogP contribution in [-0.4, -0.2) is 27.7 Å². The van der Waals surface area contributed by atoms with Gasteiger partial charge in [0.1, 0.15) is 11.8 Å². The number of rotatable bonds is 6. The van der Waals surface area contributed by atoms with Crippen LogP contribution in [0.25, 0.3) is 0 Å². The second-order valence-corrected chi connectivity index (χ2v) is 9.23. The molecule has 176 valence electrons. The Bertz CT molecular complexity index is 1190. The van der Waals surface area contributed by atoms with E-state index in [0.717, 1.165) is 11.4 Å². The summed E-state index contributed by atoms with van der Waals surface area (Å²) in [6, 6.07) is 16.3. The van der Waals surface area contributed by atoms with Gasteiger partial charge in [0, 0.05) is 36.7 Å². The van der Waals surface area contributed by atoms with E-state index in [0.29, 0.717) is 22.6 Å². The Balaban J connectivity index is 1.62. The van der Waals surface area contributed by atoms with Gasteiger partial charge in [0.05, 0.1) is 24.5 Å². The van der Waals surface area contributed by atoms with E-state index < -0.39 is 0 Å². The van der Waals surface area contributed by atoms with Gasteiger partial charge in [-0.25, -0.2) is 0 Å². The van der Waals surface area contributed by atoms with Gasteiger partial charge in [-0.3, -0.25) is 9.78 Å². The molecule has 1 aliphatic heterocycles. The minimum Gasteiger partial charge on any atom is -0.495 e. The number of hydrogen-bond acceptors (Lipinski definition) is 4. The molecule has 8 heteroatoms. The number of benzene rings is 1. The number of amides is 1. The summed E-state index contributed by atoms with van der Waals surface area (Å²) in [6.07, 6.45) is 8.91. The number of pyridine rings is 1. The molecule has 3 aromatic rings. The fraction of sp³-hybridized carbons (Fsp3) is 0.346. The quantitative estimate of drug-likeness (QED) is 0.481. The third-order valence-electron chi connectivity index (χ3n) is 6.70. The van der Waals surface area contributed by atoms with Crippen LogP contribution in [0, 0.1) is 0 Å². The summed E-state index contributed by atoms with van der Waals surface area (Å²) < 4.78 is 7.90. The second-order valence-electron chi connectivity index (χ2n) is 8.84. The monoisotopic (exact) mass is 475 g/mol. The molecule has 1 saturated heterocycles. The molecule has 2 N–H and O–H groups in total. The van der Waals surface area contributed by atoms with Crippen molar-refractivity contribution >= 4 is 34.6 Å². The molecule has 0 unspecified atom stereocenters. The predicted molar refractivity (Wildman–Crippen MR) is 137 cm³/mol. The van der Waals surface area contributed by atoms with E-state index in [1.54, 1.807) is 7.11 Å². The van der Waals surface area contributed by atoms with Crippen LogP contribution in [0.5, 0.6) is 5.75 Å². The highest BCUT2D eigenvalue weighted by atomic mass is 32.1. The van der Waals surface area contributed by atoms with Gasteiger partial charge in [0.15, 0.2) is 5.11 Å². The molecular formula is C26H29N5O2S. The molecule has 2 atom stereocenters. The van der Waals surface area contributed by atoms with Crippen molar-refractivity contribution in [1.29, 1.82) is 0 Å². The third-order valence-corrected chi connectivity index (χ3v) is 7.02. The Morgan fingerprint density at radius 2 is 2.00 bits per heavy atom. The van der Waals surface area contributed by atoms with Gasteiger partial charge in [-0.2, -0.15) is 0 Å². The summed E-state index contributed by atoms with van der Waals surface area (Å²) >= 11 is 5.88. The highest BCUT2D eigenvalue weighted by Gasteiger charge is 2.42. The van der Waals surface area contributed by atoms with Gasteiger partial charge in [-0.1, -0.05) is 18.9 Å². The average molecular weight is 476 g/mol. The van der Waals surface area contributed by atoms with Crippen molar-refractivity contribution in [2.75, 3.05) is 17.3 Å². The first-order valence-corrected chi connectivity index (χ1v) is 12.1. The Morgan fingerprint density at radius 1 is 1.18 bits per heavy atom. The molecule has 2 aliphatic rings. The molecule has 0 spiro atoms. The topological polar surface area (TPSA) is 71.4 Å². The first-order valence-electron chi connectivity index (χ1n) is 11.7. The Morgan fingerprint density at radius 3 is 2.71 bits per heavy atom. The second kappa shape index (κ2) is 9.46. The van der Waals surface area contributed by atoms with Crippen LogP contribution in [-0.2, 0) is 4.79 Å². The zero-order valence-electron chi connectivity index (χ0n) is 19.4. The van der Waals surface area contributed by atoms with E-state index in [9.17, 15) is 4.79 Å². The van der Waals surface area contributed by atoms with Crippen LogP contribution in [0.2, 0.25) is 0 Å². The lowest BCUT2D eigenvalue weighted by Gasteiger charge is -2.30. The van der Waals surface area contributed by atoms with E-state index in [2.05, 4.69) is 43.4 Å². The number of carbonyl (C=O) groups excluding carboxylic acids is 1. The minimum absolute atomic E-state index is 0.100. The van der Waals surface area contributed by atoms with Gasteiger partial charge in [-0.05, 0) is 67.5 Å². The van der Waals surface area contributed by atoms with Crippen LogP contribution in [0.15, 0.2) is 60.9 Å². The van der Waals surface area contributed by atoms with Crippen molar-refractivity contribution in [2.45, 2.75) is 50.7 Å². The van der Waals surface area contributed by atoms with Crippen molar-refractivity contribution in [2.24, 2.45) is 0 Å². The normalized spacial score (nSPS) is 20.4.